The molecular formula is C14H17N3O2. The van der Waals surface area contributed by atoms with E-state index in [9.17, 15) is 0 Å². The van der Waals surface area contributed by atoms with E-state index >= 15 is 0 Å². The minimum Gasteiger partial charge on any atom is -0.497 e. The standard InChI is InChI=1S/C14H17N3O2/c1-17-8-16-7-12(17)14-6-11(15)10-5-9(18-2)3-4-13(10)19-14/h3-5,7-8,11,14H,6,15H2,1-2H3. The maximum absolute atomic E-state index is 6.25. The molecule has 0 fully saturated rings. The van der Waals surface area contributed by atoms with Crippen molar-refractivity contribution in [1.29, 1.82) is 0 Å². The number of hydrogen-bond acceptors (Lipinski definition) is 4. The van der Waals surface area contributed by atoms with Gasteiger partial charge in [-0.1, -0.05) is 0 Å². The van der Waals surface area contributed by atoms with Gasteiger partial charge in [-0.2, -0.15) is 0 Å². The van der Waals surface area contributed by atoms with Gasteiger partial charge in [0.2, 0.25) is 0 Å². The molecule has 2 heterocycles. The first-order valence-corrected chi connectivity index (χ1v) is 6.25. The van der Waals surface area contributed by atoms with Gasteiger partial charge in [-0.15, -0.1) is 0 Å². The Morgan fingerprint density at radius 1 is 1.47 bits per heavy atom. The van der Waals surface area contributed by atoms with Gasteiger partial charge in [0, 0.05) is 25.1 Å². The fourth-order valence-corrected chi connectivity index (χ4v) is 2.47. The number of fused-ring (bicyclic) bond motifs is 1. The number of aromatic nitrogens is 2. The van der Waals surface area contributed by atoms with Crippen LogP contribution in [0, 0.1) is 0 Å². The molecule has 0 aliphatic carbocycles. The summed E-state index contributed by atoms with van der Waals surface area (Å²) in [6, 6.07) is 5.69. The molecule has 0 amide bonds. The zero-order valence-electron chi connectivity index (χ0n) is 11.0. The van der Waals surface area contributed by atoms with Crippen LogP contribution in [0.5, 0.6) is 11.5 Å². The van der Waals surface area contributed by atoms with E-state index in [2.05, 4.69) is 4.98 Å². The molecule has 1 aromatic heterocycles. The van der Waals surface area contributed by atoms with Crippen LogP contribution in [-0.4, -0.2) is 16.7 Å². The van der Waals surface area contributed by atoms with E-state index in [-0.39, 0.29) is 12.1 Å². The molecule has 1 aliphatic heterocycles. The lowest BCUT2D eigenvalue weighted by Gasteiger charge is -2.30. The number of nitrogens with zero attached hydrogens (tertiary/aromatic N) is 2. The number of aryl methyl sites for hydroxylation is 1. The highest BCUT2D eigenvalue weighted by atomic mass is 16.5. The van der Waals surface area contributed by atoms with Gasteiger partial charge in [0.25, 0.3) is 0 Å². The summed E-state index contributed by atoms with van der Waals surface area (Å²) in [6.07, 6.45) is 4.28. The maximum Gasteiger partial charge on any atom is 0.142 e. The second-order valence-electron chi connectivity index (χ2n) is 4.78. The maximum atomic E-state index is 6.25. The number of methoxy groups -OCH3 is 1. The molecule has 2 unspecified atom stereocenters. The molecule has 3 rings (SSSR count). The molecule has 5 nitrogen and oxygen atoms in total. The molecule has 0 bridgehead atoms. The van der Waals surface area contributed by atoms with Crippen molar-refractivity contribution in [2.45, 2.75) is 18.6 Å². The third kappa shape index (κ3) is 2.06. The SMILES string of the molecule is COc1ccc2c(c1)C(N)CC(c1cncn1C)O2. The van der Waals surface area contributed by atoms with E-state index < -0.39 is 0 Å². The van der Waals surface area contributed by atoms with Crippen molar-refractivity contribution < 1.29 is 9.47 Å². The van der Waals surface area contributed by atoms with Crippen LogP contribution in [0.25, 0.3) is 0 Å². The fourth-order valence-electron chi connectivity index (χ4n) is 2.47. The van der Waals surface area contributed by atoms with Crippen LogP contribution in [0.15, 0.2) is 30.7 Å². The summed E-state index contributed by atoms with van der Waals surface area (Å²) in [5.41, 5.74) is 8.29. The van der Waals surface area contributed by atoms with Crippen molar-refractivity contribution in [1.82, 2.24) is 9.55 Å². The van der Waals surface area contributed by atoms with Gasteiger partial charge in [-0.3, -0.25) is 0 Å². The van der Waals surface area contributed by atoms with E-state index in [0.29, 0.717) is 0 Å². The molecule has 1 aliphatic rings. The summed E-state index contributed by atoms with van der Waals surface area (Å²) >= 11 is 0. The molecular weight excluding hydrogens is 242 g/mol. The second-order valence-corrected chi connectivity index (χ2v) is 4.78. The first-order chi connectivity index (χ1) is 9.19. The molecule has 5 heteroatoms. The Labute approximate surface area is 112 Å². The van der Waals surface area contributed by atoms with Gasteiger partial charge in [-0.25, -0.2) is 4.98 Å². The number of nitrogens with two attached hydrogens (primary N) is 1. The highest BCUT2D eigenvalue weighted by Crippen LogP contribution is 2.40. The van der Waals surface area contributed by atoms with Crippen LogP contribution in [0.3, 0.4) is 0 Å². The number of hydrogen-bond donors (Lipinski definition) is 1. The summed E-state index contributed by atoms with van der Waals surface area (Å²) in [5.74, 6) is 1.63. The molecule has 1 aromatic carbocycles. The molecule has 2 N–H and O–H groups in total. The quantitative estimate of drug-likeness (QED) is 0.895. The fraction of sp³-hybridized carbons (Fsp3) is 0.357. The molecule has 2 atom stereocenters. The van der Waals surface area contributed by atoms with Crippen LogP contribution in [0.2, 0.25) is 0 Å². The molecule has 0 radical (unpaired) electrons. The molecule has 2 aromatic rings. The molecule has 0 spiro atoms. The minimum absolute atomic E-state index is 0.0524. The Hall–Kier alpha value is -2.01. The van der Waals surface area contributed by atoms with Crippen molar-refractivity contribution in [2.75, 3.05) is 7.11 Å². The Bertz CT molecular complexity index is 594. The van der Waals surface area contributed by atoms with Crippen molar-refractivity contribution in [2.24, 2.45) is 12.8 Å². The number of ether oxygens (including phenoxy) is 2. The summed E-state index contributed by atoms with van der Waals surface area (Å²) in [4.78, 5) is 4.13. The van der Waals surface area contributed by atoms with E-state index in [1.165, 1.54) is 0 Å². The second kappa shape index (κ2) is 4.59. The highest BCUT2D eigenvalue weighted by molar-refractivity contribution is 5.44. The third-order valence-corrected chi connectivity index (χ3v) is 3.54. The molecule has 0 saturated heterocycles. The van der Waals surface area contributed by atoms with Gasteiger partial charge in [0.1, 0.15) is 17.6 Å². The van der Waals surface area contributed by atoms with Crippen molar-refractivity contribution in [3.05, 3.63) is 42.0 Å². The Morgan fingerprint density at radius 2 is 2.32 bits per heavy atom. The molecule has 100 valence electrons. The van der Waals surface area contributed by atoms with Gasteiger partial charge in [-0.05, 0) is 18.2 Å². The van der Waals surface area contributed by atoms with Gasteiger partial charge in [0.15, 0.2) is 0 Å². The van der Waals surface area contributed by atoms with E-state index in [4.69, 9.17) is 15.2 Å². The minimum atomic E-state index is -0.0567. The van der Waals surface area contributed by atoms with Crippen LogP contribution in [0.1, 0.15) is 29.8 Å². The predicted molar refractivity (Wildman–Crippen MR) is 71.1 cm³/mol. The van der Waals surface area contributed by atoms with Crippen LogP contribution < -0.4 is 15.2 Å². The van der Waals surface area contributed by atoms with E-state index in [1.54, 1.807) is 13.4 Å². The Kier molecular flexibility index (Phi) is 2.91. The van der Waals surface area contributed by atoms with Crippen molar-refractivity contribution >= 4 is 0 Å². The smallest absolute Gasteiger partial charge is 0.142 e. The first-order valence-electron chi connectivity index (χ1n) is 6.25. The lowest BCUT2D eigenvalue weighted by Crippen LogP contribution is -2.25. The Balaban J connectivity index is 1.94. The first kappa shape index (κ1) is 12.0. The number of benzene rings is 1. The normalized spacial score (nSPS) is 21.6. The zero-order chi connectivity index (χ0) is 13.4. The van der Waals surface area contributed by atoms with Gasteiger partial charge >= 0.3 is 0 Å². The summed E-state index contributed by atoms with van der Waals surface area (Å²) in [5, 5.41) is 0. The molecule has 0 saturated carbocycles. The topological polar surface area (TPSA) is 62.3 Å². The van der Waals surface area contributed by atoms with Crippen LogP contribution in [0.4, 0.5) is 0 Å². The average molecular weight is 259 g/mol. The van der Waals surface area contributed by atoms with Crippen molar-refractivity contribution in [3.8, 4) is 11.5 Å². The van der Waals surface area contributed by atoms with Crippen molar-refractivity contribution in [3.63, 3.8) is 0 Å². The largest absolute Gasteiger partial charge is 0.497 e. The van der Waals surface area contributed by atoms with Crippen LogP contribution in [-0.2, 0) is 7.05 Å². The Morgan fingerprint density at radius 3 is 3.00 bits per heavy atom. The monoisotopic (exact) mass is 259 g/mol. The van der Waals surface area contributed by atoms with E-state index in [1.807, 2.05) is 36.0 Å². The van der Waals surface area contributed by atoms with E-state index in [0.717, 1.165) is 29.2 Å². The highest BCUT2D eigenvalue weighted by Gasteiger charge is 2.29. The summed E-state index contributed by atoms with van der Waals surface area (Å²) in [6.45, 7) is 0. The van der Waals surface area contributed by atoms with Crippen LogP contribution >= 0.6 is 0 Å². The van der Waals surface area contributed by atoms with Gasteiger partial charge in [0.05, 0.1) is 25.3 Å². The lowest BCUT2D eigenvalue weighted by atomic mass is 9.96. The summed E-state index contributed by atoms with van der Waals surface area (Å²) in [7, 11) is 3.61. The average Bonchev–Trinajstić information content (AvgIpc) is 2.84. The third-order valence-electron chi connectivity index (χ3n) is 3.54. The zero-order valence-corrected chi connectivity index (χ0v) is 11.0. The number of rotatable bonds is 2. The predicted octanol–water partition coefficient (Wildman–Crippen LogP) is 1.95. The van der Waals surface area contributed by atoms with Gasteiger partial charge < -0.3 is 19.8 Å². The number of imidazole rings is 1. The summed E-state index contributed by atoms with van der Waals surface area (Å²) < 4.78 is 13.2. The molecule has 19 heavy (non-hydrogen) atoms. The lowest BCUT2D eigenvalue weighted by molar-refractivity contribution is 0.154.